The lowest BCUT2D eigenvalue weighted by Crippen LogP contribution is -2.37. The Morgan fingerprint density at radius 2 is 2.05 bits per heavy atom. The molecule has 20 heavy (non-hydrogen) atoms. The summed E-state index contributed by atoms with van der Waals surface area (Å²) >= 11 is 0. The van der Waals surface area contributed by atoms with E-state index in [0.717, 1.165) is 6.42 Å². The average Bonchev–Trinajstić information content (AvgIpc) is 3.30. The highest BCUT2D eigenvalue weighted by molar-refractivity contribution is 5.77. The van der Waals surface area contributed by atoms with Crippen LogP contribution in [0.4, 0.5) is 0 Å². The van der Waals surface area contributed by atoms with Crippen LogP contribution in [0.5, 0.6) is 0 Å². The molecule has 1 aliphatic rings. The minimum absolute atomic E-state index is 0.117. The highest BCUT2D eigenvalue weighted by Gasteiger charge is 2.32. The Morgan fingerprint density at radius 1 is 1.35 bits per heavy atom. The van der Waals surface area contributed by atoms with Crippen molar-refractivity contribution in [2.45, 2.75) is 51.0 Å². The number of carbonyl (C=O) groups excluding carboxylic acids is 1. The summed E-state index contributed by atoms with van der Waals surface area (Å²) in [6, 6.07) is 10.4. The third kappa shape index (κ3) is 4.34. The van der Waals surface area contributed by atoms with Crippen molar-refractivity contribution in [3.05, 3.63) is 35.9 Å². The van der Waals surface area contributed by atoms with E-state index >= 15 is 0 Å². The molecular formula is C17H25NO2. The van der Waals surface area contributed by atoms with Crippen LogP contribution in [-0.4, -0.2) is 23.7 Å². The number of rotatable bonds is 8. The molecule has 3 heteroatoms. The highest BCUT2D eigenvalue weighted by atomic mass is 16.3. The molecule has 0 aliphatic heterocycles. The molecule has 2 rings (SSSR count). The topological polar surface area (TPSA) is 49.3 Å². The zero-order valence-electron chi connectivity index (χ0n) is 12.2. The van der Waals surface area contributed by atoms with Gasteiger partial charge in [0.2, 0.25) is 5.91 Å². The first-order valence-corrected chi connectivity index (χ1v) is 7.69. The molecule has 0 aromatic heterocycles. The fourth-order valence-corrected chi connectivity index (χ4v) is 2.78. The van der Waals surface area contributed by atoms with Gasteiger partial charge in [-0.3, -0.25) is 4.79 Å². The van der Waals surface area contributed by atoms with Crippen molar-refractivity contribution in [3.63, 3.8) is 0 Å². The van der Waals surface area contributed by atoms with E-state index in [9.17, 15) is 4.79 Å². The lowest BCUT2D eigenvalue weighted by Gasteiger charge is -2.20. The first-order valence-electron chi connectivity index (χ1n) is 7.69. The highest BCUT2D eigenvalue weighted by Crippen LogP contribution is 2.34. The van der Waals surface area contributed by atoms with Gasteiger partial charge in [0.1, 0.15) is 0 Å². The Hall–Kier alpha value is -1.35. The summed E-state index contributed by atoms with van der Waals surface area (Å²) in [7, 11) is 0. The van der Waals surface area contributed by atoms with Gasteiger partial charge in [0.25, 0.3) is 0 Å². The summed E-state index contributed by atoms with van der Waals surface area (Å²) in [4.78, 5) is 12.2. The molecular weight excluding hydrogens is 250 g/mol. The van der Waals surface area contributed by atoms with Crippen molar-refractivity contribution in [2.24, 2.45) is 5.92 Å². The van der Waals surface area contributed by atoms with Gasteiger partial charge in [0, 0.05) is 19.1 Å². The first kappa shape index (κ1) is 15.0. The van der Waals surface area contributed by atoms with E-state index in [4.69, 9.17) is 5.11 Å². The third-order valence-corrected chi connectivity index (χ3v) is 4.17. The predicted molar refractivity (Wildman–Crippen MR) is 80.4 cm³/mol. The maximum atomic E-state index is 12.2. The Balaban J connectivity index is 1.88. The standard InChI is InChI=1S/C17H25NO2/c1-2-13(14-6-4-3-5-7-14)12-17(20)18-16(10-11-19)15-8-9-15/h3-7,13,15-16,19H,2,8-12H2,1H3,(H,18,20). The Kier molecular flexibility index (Phi) is 5.60. The summed E-state index contributed by atoms with van der Waals surface area (Å²) < 4.78 is 0. The van der Waals surface area contributed by atoms with Crippen LogP contribution >= 0.6 is 0 Å². The number of benzene rings is 1. The van der Waals surface area contributed by atoms with Crippen LogP contribution in [0.25, 0.3) is 0 Å². The normalized spacial score (nSPS) is 17.5. The van der Waals surface area contributed by atoms with E-state index in [1.54, 1.807) is 0 Å². The zero-order chi connectivity index (χ0) is 14.4. The summed E-state index contributed by atoms with van der Waals surface area (Å²) in [5.74, 6) is 0.985. The van der Waals surface area contributed by atoms with Gasteiger partial charge < -0.3 is 10.4 Å². The molecule has 1 aromatic carbocycles. The van der Waals surface area contributed by atoms with Gasteiger partial charge in [-0.15, -0.1) is 0 Å². The van der Waals surface area contributed by atoms with E-state index in [1.165, 1.54) is 18.4 Å². The number of hydrogen-bond donors (Lipinski definition) is 2. The van der Waals surface area contributed by atoms with Crippen molar-refractivity contribution >= 4 is 5.91 Å². The summed E-state index contributed by atoms with van der Waals surface area (Å²) in [6.45, 7) is 2.27. The van der Waals surface area contributed by atoms with Gasteiger partial charge in [0.15, 0.2) is 0 Å². The number of amides is 1. The molecule has 1 fully saturated rings. The maximum Gasteiger partial charge on any atom is 0.220 e. The first-order chi connectivity index (χ1) is 9.74. The fraction of sp³-hybridized carbons (Fsp3) is 0.588. The van der Waals surface area contributed by atoms with Crippen LogP contribution in [0.3, 0.4) is 0 Å². The number of aliphatic hydroxyl groups excluding tert-OH is 1. The van der Waals surface area contributed by atoms with E-state index in [1.807, 2.05) is 18.2 Å². The van der Waals surface area contributed by atoms with Crippen LogP contribution in [0, 0.1) is 5.92 Å². The molecule has 2 atom stereocenters. The van der Waals surface area contributed by atoms with Gasteiger partial charge >= 0.3 is 0 Å². The SMILES string of the molecule is CCC(CC(=O)NC(CCO)C1CC1)c1ccccc1. The molecule has 3 nitrogen and oxygen atoms in total. The Bertz CT molecular complexity index is 414. The Labute approximate surface area is 121 Å². The van der Waals surface area contributed by atoms with Crippen molar-refractivity contribution in [1.82, 2.24) is 5.32 Å². The van der Waals surface area contributed by atoms with Gasteiger partial charge in [-0.1, -0.05) is 37.3 Å². The largest absolute Gasteiger partial charge is 0.396 e. The summed E-state index contributed by atoms with van der Waals surface area (Å²) in [5, 5.41) is 12.2. The lowest BCUT2D eigenvalue weighted by atomic mass is 9.93. The van der Waals surface area contributed by atoms with Crippen LogP contribution < -0.4 is 5.32 Å². The van der Waals surface area contributed by atoms with Crippen LogP contribution in [0.2, 0.25) is 0 Å². The summed E-state index contributed by atoms with van der Waals surface area (Å²) in [5.41, 5.74) is 1.23. The van der Waals surface area contributed by atoms with Gasteiger partial charge in [-0.2, -0.15) is 0 Å². The monoisotopic (exact) mass is 275 g/mol. The van der Waals surface area contributed by atoms with Crippen LogP contribution in [0.15, 0.2) is 30.3 Å². The molecule has 1 amide bonds. The molecule has 0 radical (unpaired) electrons. The lowest BCUT2D eigenvalue weighted by molar-refractivity contribution is -0.122. The van der Waals surface area contributed by atoms with E-state index in [2.05, 4.69) is 24.4 Å². The van der Waals surface area contributed by atoms with Crippen molar-refractivity contribution in [1.29, 1.82) is 0 Å². The minimum Gasteiger partial charge on any atom is -0.396 e. The molecule has 1 saturated carbocycles. The average molecular weight is 275 g/mol. The maximum absolute atomic E-state index is 12.2. The van der Waals surface area contributed by atoms with E-state index < -0.39 is 0 Å². The molecule has 0 spiro atoms. The molecule has 2 unspecified atom stereocenters. The number of hydrogen-bond acceptors (Lipinski definition) is 2. The number of carbonyl (C=O) groups is 1. The molecule has 110 valence electrons. The summed E-state index contributed by atoms with van der Waals surface area (Å²) in [6.07, 6.45) is 4.54. The van der Waals surface area contributed by atoms with E-state index in [-0.39, 0.29) is 24.5 Å². The van der Waals surface area contributed by atoms with Crippen molar-refractivity contribution in [3.8, 4) is 0 Å². The second-order valence-corrected chi connectivity index (χ2v) is 5.74. The van der Waals surface area contributed by atoms with Gasteiger partial charge in [-0.25, -0.2) is 0 Å². The molecule has 0 bridgehead atoms. The number of nitrogens with one attached hydrogen (secondary N) is 1. The third-order valence-electron chi connectivity index (χ3n) is 4.17. The van der Waals surface area contributed by atoms with Crippen LogP contribution in [-0.2, 0) is 4.79 Å². The van der Waals surface area contributed by atoms with Crippen molar-refractivity contribution in [2.75, 3.05) is 6.61 Å². The van der Waals surface area contributed by atoms with Crippen LogP contribution in [0.1, 0.15) is 50.5 Å². The molecule has 0 saturated heterocycles. The molecule has 1 aliphatic carbocycles. The van der Waals surface area contributed by atoms with Gasteiger partial charge in [0.05, 0.1) is 0 Å². The minimum atomic E-state index is 0.117. The quantitative estimate of drug-likeness (QED) is 0.766. The Morgan fingerprint density at radius 3 is 2.60 bits per heavy atom. The molecule has 0 heterocycles. The van der Waals surface area contributed by atoms with E-state index in [0.29, 0.717) is 18.8 Å². The zero-order valence-corrected chi connectivity index (χ0v) is 12.2. The second-order valence-electron chi connectivity index (χ2n) is 5.74. The second kappa shape index (κ2) is 7.44. The molecule has 1 aromatic rings. The van der Waals surface area contributed by atoms with Gasteiger partial charge in [-0.05, 0) is 43.1 Å². The molecule has 2 N–H and O–H groups in total. The number of aliphatic hydroxyl groups is 1. The fourth-order valence-electron chi connectivity index (χ4n) is 2.78. The predicted octanol–water partition coefficient (Wildman–Crippen LogP) is 2.85. The smallest absolute Gasteiger partial charge is 0.220 e. The van der Waals surface area contributed by atoms with Crippen molar-refractivity contribution < 1.29 is 9.90 Å².